The molecular weight excluding hydrogens is 366 g/mol. The number of ether oxygens (including phenoxy) is 3. The number of nitrogens with zero attached hydrogens (tertiary/aromatic N) is 1. The summed E-state index contributed by atoms with van der Waals surface area (Å²) < 4.78 is 17.1. The Kier molecular flexibility index (Phi) is 6.53. The van der Waals surface area contributed by atoms with E-state index in [2.05, 4.69) is 0 Å². The van der Waals surface area contributed by atoms with Crippen LogP contribution in [0.1, 0.15) is 56.8 Å². The molecule has 1 amide bonds. The maximum absolute atomic E-state index is 13.1. The Hall–Kier alpha value is -1.46. The number of halogens is 1. The zero-order valence-corrected chi connectivity index (χ0v) is 17.3. The quantitative estimate of drug-likeness (QED) is 0.647. The highest BCUT2D eigenvalue weighted by Crippen LogP contribution is 2.49. The average molecular weight is 396 g/mol. The number of carbonyl (C=O) groups excluding carboxylic acids is 1. The van der Waals surface area contributed by atoms with Gasteiger partial charge in [-0.05, 0) is 57.1 Å². The molecule has 3 rings (SSSR count). The Morgan fingerprint density at radius 3 is 2.67 bits per heavy atom. The monoisotopic (exact) mass is 395 g/mol. The molecule has 1 spiro atoms. The summed E-state index contributed by atoms with van der Waals surface area (Å²) in [5, 5.41) is 0.423. The van der Waals surface area contributed by atoms with Gasteiger partial charge in [0, 0.05) is 25.3 Å². The zero-order valence-electron chi connectivity index (χ0n) is 16.6. The number of rotatable bonds is 8. The second kappa shape index (κ2) is 8.70. The second-order valence-electron chi connectivity index (χ2n) is 7.53. The van der Waals surface area contributed by atoms with Gasteiger partial charge in [-0.15, -0.1) is 0 Å². The summed E-state index contributed by atoms with van der Waals surface area (Å²) >= 11 is 6.41. The molecule has 1 saturated carbocycles. The van der Waals surface area contributed by atoms with Crippen LogP contribution >= 0.6 is 11.6 Å². The molecule has 1 aromatic carbocycles. The van der Waals surface area contributed by atoms with Crippen molar-refractivity contribution in [2.45, 2.75) is 52.6 Å². The maximum atomic E-state index is 13.1. The summed E-state index contributed by atoms with van der Waals surface area (Å²) in [5.41, 5.74) is 0.802. The van der Waals surface area contributed by atoms with E-state index in [0.717, 1.165) is 45.4 Å². The highest BCUT2D eigenvalue weighted by atomic mass is 35.5. The lowest BCUT2D eigenvalue weighted by atomic mass is 9.66. The Balaban J connectivity index is 1.71. The predicted molar refractivity (Wildman–Crippen MR) is 106 cm³/mol. The minimum absolute atomic E-state index is 0.0108. The molecule has 150 valence electrons. The molecular formula is C21H30ClNO4. The molecule has 6 heteroatoms. The van der Waals surface area contributed by atoms with Crippen molar-refractivity contribution in [2.24, 2.45) is 5.41 Å². The van der Waals surface area contributed by atoms with Gasteiger partial charge in [-0.25, -0.2) is 0 Å². The molecule has 1 aromatic rings. The van der Waals surface area contributed by atoms with E-state index in [0.29, 0.717) is 41.4 Å². The third-order valence-corrected chi connectivity index (χ3v) is 5.74. The minimum atomic E-state index is 0.0108. The van der Waals surface area contributed by atoms with Crippen molar-refractivity contribution >= 4 is 17.5 Å². The number of likely N-dealkylation sites (tertiary alicyclic amines) is 1. The first-order chi connectivity index (χ1) is 13.0. The van der Waals surface area contributed by atoms with Gasteiger partial charge in [-0.3, -0.25) is 4.79 Å². The van der Waals surface area contributed by atoms with E-state index in [1.54, 1.807) is 12.1 Å². The van der Waals surface area contributed by atoms with E-state index < -0.39 is 0 Å². The van der Waals surface area contributed by atoms with Gasteiger partial charge in [-0.2, -0.15) is 0 Å². The van der Waals surface area contributed by atoms with Crippen LogP contribution in [0.25, 0.3) is 0 Å². The van der Waals surface area contributed by atoms with Crippen molar-refractivity contribution in [3.8, 4) is 11.5 Å². The summed E-state index contributed by atoms with van der Waals surface area (Å²) in [6, 6.07) is 3.46. The van der Waals surface area contributed by atoms with Gasteiger partial charge in [0.15, 0.2) is 11.5 Å². The molecule has 0 bridgehead atoms. The highest BCUT2D eigenvalue weighted by Gasteiger charge is 2.49. The Morgan fingerprint density at radius 2 is 2.00 bits per heavy atom. The van der Waals surface area contributed by atoms with Crippen LogP contribution in [0.15, 0.2) is 12.1 Å². The van der Waals surface area contributed by atoms with Crippen LogP contribution in [0.3, 0.4) is 0 Å². The summed E-state index contributed by atoms with van der Waals surface area (Å²) in [4.78, 5) is 15.0. The van der Waals surface area contributed by atoms with Crippen LogP contribution < -0.4 is 9.47 Å². The summed E-state index contributed by atoms with van der Waals surface area (Å²) in [6.07, 6.45) is 4.39. The number of hydrogen-bond acceptors (Lipinski definition) is 4. The van der Waals surface area contributed by atoms with Gasteiger partial charge in [0.1, 0.15) is 0 Å². The number of hydrogen-bond donors (Lipinski definition) is 0. The molecule has 1 saturated heterocycles. The van der Waals surface area contributed by atoms with Gasteiger partial charge >= 0.3 is 0 Å². The van der Waals surface area contributed by atoms with Crippen molar-refractivity contribution in [1.82, 2.24) is 4.90 Å². The van der Waals surface area contributed by atoms with E-state index in [1.165, 1.54) is 0 Å². The number of amides is 1. The fourth-order valence-corrected chi connectivity index (χ4v) is 4.45. The van der Waals surface area contributed by atoms with Crippen LogP contribution in [0.4, 0.5) is 0 Å². The van der Waals surface area contributed by atoms with Crippen molar-refractivity contribution in [3.63, 3.8) is 0 Å². The van der Waals surface area contributed by atoms with Gasteiger partial charge in [-0.1, -0.05) is 18.5 Å². The SMILES string of the molecule is CCCOc1c(Cl)cc(C(=O)N2CCC3(CC(OCC)C3)C2)cc1OCC. The molecule has 27 heavy (non-hydrogen) atoms. The first-order valence-electron chi connectivity index (χ1n) is 10.0. The van der Waals surface area contributed by atoms with Crippen molar-refractivity contribution in [1.29, 1.82) is 0 Å². The van der Waals surface area contributed by atoms with Crippen LogP contribution in [-0.4, -0.2) is 49.8 Å². The molecule has 2 aliphatic rings. The van der Waals surface area contributed by atoms with Gasteiger partial charge in [0.2, 0.25) is 0 Å². The van der Waals surface area contributed by atoms with Gasteiger partial charge in [0.25, 0.3) is 5.91 Å². The first-order valence-corrected chi connectivity index (χ1v) is 10.4. The second-order valence-corrected chi connectivity index (χ2v) is 7.94. The molecule has 0 aromatic heterocycles. The lowest BCUT2D eigenvalue weighted by molar-refractivity contribution is -0.0707. The van der Waals surface area contributed by atoms with Crippen molar-refractivity contribution < 1.29 is 19.0 Å². The zero-order chi connectivity index (χ0) is 19.4. The third kappa shape index (κ3) is 4.35. The number of benzene rings is 1. The summed E-state index contributed by atoms with van der Waals surface area (Å²) in [7, 11) is 0. The predicted octanol–water partition coefficient (Wildman–Crippen LogP) is 4.56. The van der Waals surface area contributed by atoms with E-state index in [4.69, 9.17) is 25.8 Å². The van der Waals surface area contributed by atoms with Crippen LogP contribution in [-0.2, 0) is 4.74 Å². The average Bonchev–Trinajstić information content (AvgIpc) is 3.06. The highest BCUT2D eigenvalue weighted by molar-refractivity contribution is 6.32. The van der Waals surface area contributed by atoms with Gasteiger partial charge < -0.3 is 19.1 Å². The molecule has 5 nitrogen and oxygen atoms in total. The third-order valence-electron chi connectivity index (χ3n) is 5.46. The Bertz CT molecular complexity index is 672. The lowest BCUT2D eigenvalue weighted by Crippen LogP contribution is -2.45. The largest absolute Gasteiger partial charge is 0.490 e. The molecule has 0 atom stereocenters. The summed E-state index contributed by atoms with van der Waals surface area (Å²) in [5.74, 6) is 1.07. The van der Waals surface area contributed by atoms with E-state index in [9.17, 15) is 4.79 Å². The molecule has 0 N–H and O–H groups in total. The van der Waals surface area contributed by atoms with Crippen molar-refractivity contribution in [2.75, 3.05) is 32.9 Å². The van der Waals surface area contributed by atoms with E-state index in [-0.39, 0.29) is 11.3 Å². The Morgan fingerprint density at radius 1 is 1.22 bits per heavy atom. The lowest BCUT2D eigenvalue weighted by Gasteiger charge is -2.44. The summed E-state index contributed by atoms with van der Waals surface area (Å²) in [6.45, 7) is 9.36. The van der Waals surface area contributed by atoms with E-state index >= 15 is 0 Å². The van der Waals surface area contributed by atoms with Crippen LogP contribution in [0.5, 0.6) is 11.5 Å². The topological polar surface area (TPSA) is 48.0 Å². The normalized spacial score (nSPS) is 24.1. The first kappa shape index (κ1) is 20.3. The van der Waals surface area contributed by atoms with Crippen LogP contribution in [0, 0.1) is 5.41 Å². The molecule has 1 aliphatic carbocycles. The number of carbonyl (C=O) groups is 1. The molecule has 1 heterocycles. The Labute approximate surface area is 166 Å². The fourth-order valence-electron chi connectivity index (χ4n) is 4.18. The maximum Gasteiger partial charge on any atom is 0.254 e. The minimum Gasteiger partial charge on any atom is -0.490 e. The van der Waals surface area contributed by atoms with Crippen LogP contribution in [0.2, 0.25) is 5.02 Å². The molecule has 0 radical (unpaired) electrons. The fraction of sp³-hybridized carbons (Fsp3) is 0.667. The van der Waals surface area contributed by atoms with Gasteiger partial charge in [0.05, 0.1) is 24.3 Å². The van der Waals surface area contributed by atoms with E-state index in [1.807, 2.05) is 25.7 Å². The van der Waals surface area contributed by atoms with Crippen molar-refractivity contribution in [3.05, 3.63) is 22.7 Å². The standard InChI is InChI=1S/C21H30ClNO4/c1-4-9-27-19-17(22)10-15(11-18(19)26-6-3)20(24)23-8-7-21(14-23)12-16(13-21)25-5-2/h10-11,16H,4-9,12-14H2,1-3H3. The smallest absolute Gasteiger partial charge is 0.254 e. The molecule has 1 aliphatic heterocycles. The molecule has 0 unspecified atom stereocenters. The molecule has 2 fully saturated rings.